The number of anilines is 1. The van der Waals surface area contributed by atoms with Crippen molar-refractivity contribution in [2.45, 2.75) is 6.54 Å². The zero-order valence-electron chi connectivity index (χ0n) is 10.3. The zero-order valence-corrected chi connectivity index (χ0v) is 13.3. The van der Waals surface area contributed by atoms with E-state index in [-0.39, 0.29) is 18.4 Å². The highest BCUT2D eigenvalue weighted by Crippen LogP contribution is 2.26. The van der Waals surface area contributed by atoms with Gasteiger partial charge in [0.05, 0.1) is 5.56 Å². The van der Waals surface area contributed by atoms with E-state index in [1.165, 1.54) is 11.3 Å². The molecule has 0 radical (unpaired) electrons. The molecule has 2 heterocycles. The third kappa shape index (κ3) is 2.55. The third-order valence-corrected chi connectivity index (χ3v) is 4.56. The second-order valence-electron chi connectivity index (χ2n) is 4.32. The van der Waals surface area contributed by atoms with Gasteiger partial charge in [-0.25, -0.2) is 4.98 Å². The molecule has 0 bridgehead atoms. The molecule has 0 saturated carbocycles. The number of aromatic nitrogens is 1. The van der Waals surface area contributed by atoms with Crippen LogP contribution in [-0.4, -0.2) is 28.2 Å². The van der Waals surface area contributed by atoms with Crippen LogP contribution in [-0.2, 0) is 11.3 Å². The lowest BCUT2D eigenvalue weighted by Crippen LogP contribution is -2.33. The monoisotopic (exact) mass is 399 g/mol. The van der Waals surface area contributed by atoms with Crippen molar-refractivity contribution in [3.05, 3.63) is 44.5 Å². The summed E-state index contributed by atoms with van der Waals surface area (Å²) in [5.41, 5.74) is 1.69. The minimum atomic E-state index is -0.226. The smallest absolute Gasteiger partial charge is 0.256 e. The minimum absolute atomic E-state index is 0.0448. The molecule has 1 aromatic carbocycles. The predicted octanol–water partition coefficient (Wildman–Crippen LogP) is 2.34. The molecule has 0 unspecified atom stereocenters. The van der Waals surface area contributed by atoms with Gasteiger partial charge in [-0.3, -0.25) is 9.59 Å². The average molecular weight is 399 g/mol. The molecule has 5 nitrogen and oxygen atoms in total. The van der Waals surface area contributed by atoms with Crippen LogP contribution in [0.25, 0.3) is 0 Å². The summed E-state index contributed by atoms with van der Waals surface area (Å²) in [7, 11) is 0. The van der Waals surface area contributed by atoms with E-state index < -0.39 is 0 Å². The fraction of sp³-hybridized carbons (Fsp3) is 0.154. The van der Waals surface area contributed by atoms with E-state index in [0.717, 1.165) is 14.7 Å². The maximum atomic E-state index is 12.3. The van der Waals surface area contributed by atoms with Gasteiger partial charge in [0.1, 0.15) is 6.54 Å². The van der Waals surface area contributed by atoms with Crippen molar-refractivity contribution < 1.29 is 9.59 Å². The Labute approximate surface area is 133 Å². The van der Waals surface area contributed by atoms with E-state index in [0.29, 0.717) is 11.7 Å². The lowest BCUT2D eigenvalue weighted by molar-refractivity contribution is -0.116. The summed E-state index contributed by atoms with van der Waals surface area (Å²) in [6.45, 7) is 0.527. The summed E-state index contributed by atoms with van der Waals surface area (Å²) in [5.74, 6) is -0.310. The molecule has 1 aromatic heterocycles. The molecule has 0 aliphatic carbocycles. The fourth-order valence-electron chi connectivity index (χ4n) is 2.12. The molecular formula is C13H10IN3O2S. The van der Waals surface area contributed by atoms with Crippen LogP contribution in [0.3, 0.4) is 0 Å². The molecular weight excluding hydrogens is 389 g/mol. The molecule has 20 heavy (non-hydrogen) atoms. The van der Waals surface area contributed by atoms with E-state index in [1.54, 1.807) is 16.5 Å². The van der Waals surface area contributed by atoms with Gasteiger partial charge in [0.2, 0.25) is 5.91 Å². The first-order valence-corrected chi connectivity index (χ1v) is 7.87. The number of carbonyl (C=O) groups is 2. The van der Waals surface area contributed by atoms with Crippen LogP contribution in [0.2, 0.25) is 0 Å². The van der Waals surface area contributed by atoms with Crippen LogP contribution in [0.4, 0.5) is 5.13 Å². The third-order valence-electron chi connectivity index (χ3n) is 2.98. The molecule has 2 aromatic rings. The highest BCUT2D eigenvalue weighted by Gasteiger charge is 2.30. The van der Waals surface area contributed by atoms with Crippen LogP contribution < -0.4 is 5.32 Å². The standard InChI is InChI=1S/C13H10IN3O2S/c14-9-3-1-2-8-6-17(12(19)11(8)9)7-10(18)16-13-15-4-5-20-13/h1-5H,6-7H2,(H,15,16,18). The lowest BCUT2D eigenvalue weighted by Gasteiger charge is -2.14. The molecule has 1 aliphatic rings. The summed E-state index contributed by atoms with van der Waals surface area (Å²) < 4.78 is 0.924. The Morgan fingerprint density at radius 1 is 1.50 bits per heavy atom. The number of hydrogen-bond acceptors (Lipinski definition) is 4. The summed E-state index contributed by atoms with van der Waals surface area (Å²) in [5, 5.41) is 5.02. The van der Waals surface area contributed by atoms with Gasteiger partial charge in [-0.15, -0.1) is 11.3 Å². The quantitative estimate of drug-likeness (QED) is 0.807. The summed E-state index contributed by atoms with van der Waals surface area (Å²) in [6.07, 6.45) is 1.62. The molecule has 0 atom stereocenters. The summed E-state index contributed by atoms with van der Waals surface area (Å²) >= 11 is 3.50. The topological polar surface area (TPSA) is 62.3 Å². The van der Waals surface area contributed by atoms with Crippen molar-refractivity contribution in [1.82, 2.24) is 9.88 Å². The van der Waals surface area contributed by atoms with Gasteiger partial charge in [-0.1, -0.05) is 12.1 Å². The van der Waals surface area contributed by atoms with E-state index in [4.69, 9.17) is 0 Å². The Balaban J connectivity index is 1.70. The molecule has 1 N–H and O–H groups in total. The number of carbonyl (C=O) groups excluding carboxylic acids is 2. The predicted molar refractivity (Wildman–Crippen MR) is 84.6 cm³/mol. The van der Waals surface area contributed by atoms with Crippen LogP contribution in [0, 0.1) is 3.57 Å². The number of halogens is 1. The van der Waals surface area contributed by atoms with Crippen molar-refractivity contribution in [2.24, 2.45) is 0 Å². The Bertz CT molecular complexity index is 672. The number of nitrogens with one attached hydrogen (secondary N) is 1. The van der Waals surface area contributed by atoms with Gasteiger partial charge < -0.3 is 10.2 Å². The molecule has 0 fully saturated rings. The van der Waals surface area contributed by atoms with E-state index in [2.05, 4.69) is 32.9 Å². The van der Waals surface area contributed by atoms with E-state index >= 15 is 0 Å². The second kappa shape index (κ2) is 5.49. The maximum Gasteiger partial charge on any atom is 0.256 e. The van der Waals surface area contributed by atoms with Crippen LogP contribution in [0.15, 0.2) is 29.8 Å². The molecule has 7 heteroatoms. The molecule has 3 rings (SSSR count). The zero-order chi connectivity index (χ0) is 14.1. The van der Waals surface area contributed by atoms with E-state index in [1.807, 2.05) is 18.2 Å². The van der Waals surface area contributed by atoms with Gasteiger partial charge in [-0.2, -0.15) is 0 Å². The minimum Gasteiger partial charge on any atom is -0.325 e. The van der Waals surface area contributed by atoms with Crippen LogP contribution in [0.5, 0.6) is 0 Å². The van der Waals surface area contributed by atoms with Crippen molar-refractivity contribution in [3.63, 3.8) is 0 Å². The lowest BCUT2D eigenvalue weighted by atomic mass is 10.1. The Hall–Kier alpha value is -1.48. The Morgan fingerprint density at radius 2 is 2.35 bits per heavy atom. The molecule has 0 spiro atoms. The Morgan fingerprint density at radius 3 is 3.05 bits per heavy atom. The number of thiazole rings is 1. The first kappa shape index (κ1) is 13.5. The number of amides is 2. The van der Waals surface area contributed by atoms with E-state index in [9.17, 15) is 9.59 Å². The first-order chi connectivity index (χ1) is 9.65. The second-order valence-corrected chi connectivity index (χ2v) is 6.38. The van der Waals surface area contributed by atoms with Crippen molar-refractivity contribution in [1.29, 1.82) is 0 Å². The highest BCUT2D eigenvalue weighted by molar-refractivity contribution is 14.1. The fourth-order valence-corrected chi connectivity index (χ4v) is 3.45. The average Bonchev–Trinajstić information content (AvgIpc) is 3.00. The maximum absolute atomic E-state index is 12.3. The SMILES string of the molecule is O=C(CN1Cc2cccc(I)c2C1=O)Nc1nccs1. The van der Waals surface area contributed by atoms with Gasteiger partial charge in [-0.05, 0) is 34.2 Å². The summed E-state index contributed by atoms with van der Waals surface area (Å²) in [4.78, 5) is 29.7. The van der Waals surface area contributed by atoms with Crippen molar-refractivity contribution in [2.75, 3.05) is 11.9 Å². The molecule has 2 amide bonds. The number of rotatable bonds is 3. The largest absolute Gasteiger partial charge is 0.325 e. The molecule has 0 saturated heterocycles. The normalized spacial score (nSPS) is 13.4. The summed E-state index contributed by atoms with van der Waals surface area (Å²) in [6, 6.07) is 5.75. The first-order valence-electron chi connectivity index (χ1n) is 5.91. The molecule has 1 aliphatic heterocycles. The van der Waals surface area contributed by atoms with Gasteiger partial charge in [0.15, 0.2) is 5.13 Å². The van der Waals surface area contributed by atoms with Crippen LogP contribution >= 0.6 is 33.9 Å². The number of hydrogen-bond donors (Lipinski definition) is 1. The van der Waals surface area contributed by atoms with Gasteiger partial charge >= 0.3 is 0 Å². The van der Waals surface area contributed by atoms with Gasteiger partial charge in [0, 0.05) is 21.7 Å². The van der Waals surface area contributed by atoms with Crippen molar-refractivity contribution >= 4 is 50.9 Å². The number of nitrogens with zero attached hydrogens (tertiary/aromatic N) is 2. The number of fused-ring (bicyclic) bond motifs is 1. The molecule has 102 valence electrons. The van der Waals surface area contributed by atoms with Crippen molar-refractivity contribution in [3.8, 4) is 0 Å². The Kier molecular flexibility index (Phi) is 3.70. The van der Waals surface area contributed by atoms with Gasteiger partial charge in [0.25, 0.3) is 5.91 Å². The highest BCUT2D eigenvalue weighted by atomic mass is 127. The number of benzene rings is 1. The van der Waals surface area contributed by atoms with Crippen LogP contribution in [0.1, 0.15) is 15.9 Å².